The van der Waals surface area contributed by atoms with Crippen molar-refractivity contribution < 1.29 is 4.79 Å². The topological polar surface area (TPSA) is 68.0 Å². The van der Waals surface area contributed by atoms with E-state index < -0.39 is 0 Å². The van der Waals surface area contributed by atoms with Gasteiger partial charge < -0.3 is 11.1 Å². The molecule has 1 amide bonds. The first-order valence-electron chi connectivity index (χ1n) is 4.05. The summed E-state index contributed by atoms with van der Waals surface area (Å²) in [5.41, 5.74) is 5.18. The van der Waals surface area contributed by atoms with Gasteiger partial charge in [0.1, 0.15) is 0 Å². The molecule has 0 saturated carbocycles. The molecule has 0 aromatic carbocycles. The lowest BCUT2D eigenvalue weighted by atomic mass is 10.3. The van der Waals surface area contributed by atoms with E-state index in [9.17, 15) is 4.79 Å². The molecule has 0 aliphatic carbocycles. The number of amides is 1. The molecule has 1 atom stereocenters. The Labute approximate surface area is 81.2 Å². The second-order valence-corrected chi connectivity index (χ2v) is 4.04. The number of aryl methyl sites for hydroxylation is 1. The van der Waals surface area contributed by atoms with Crippen molar-refractivity contribution in [3.05, 3.63) is 16.1 Å². The van der Waals surface area contributed by atoms with Crippen LogP contribution in [0.25, 0.3) is 0 Å². The number of hydrogen-bond acceptors (Lipinski definition) is 4. The van der Waals surface area contributed by atoms with Gasteiger partial charge in [-0.25, -0.2) is 4.98 Å². The maximum Gasteiger partial charge on any atom is 0.234 e. The minimum Gasteiger partial charge on any atom is -0.348 e. The Balaban J connectivity index is 2.58. The highest BCUT2D eigenvalue weighted by Gasteiger charge is 2.10. The van der Waals surface area contributed by atoms with Crippen molar-refractivity contribution in [2.45, 2.75) is 19.9 Å². The Bertz CT molecular complexity index is 297. The average Bonchev–Trinajstić information content (AvgIpc) is 2.51. The van der Waals surface area contributed by atoms with Gasteiger partial charge in [-0.1, -0.05) is 0 Å². The zero-order chi connectivity index (χ0) is 9.84. The molecule has 1 heterocycles. The molecular weight excluding hydrogens is 186 g/mol. The van der Waals surface area contributed by atoms with Crippen LogP contribution in [0.15, 0.2) is 6.20 Å². The lowest BCUT2D eigenvalue weighted by Gasteiger charge is -2.09. The van der Waals surface area contributed by atoms with Crippen LogP contribution >= 0.6 is 11.3 Å². The Hall–Kier alpha value is -0.940. The quantitative estimate of drug-likeness (QED) is 0.748. The summed E-state index contributed by atoms with van der Waals surface area (Å²) >= 11 is 1.58. The minimum atomic E-state index is -0.140. The summed E-state index contributed by atoms with van der Waals surface area (Å²) in [4.78, 5) is 16.1. The number of rotatable bonds is 3. The second kappa shape index (κ2) is 4.34. The first kappa shape index (κ1) is 10.1. The molecule has 0 spiro atoms. The Morgan fingerprint density at radius 1 is 1.85 bits per heavy atom. The third-order valence-corrected chi connectivity index (χ3v) is 2.72. The van der Waals surface area contributed by atoms with Gasteiger partial charge in [-0.05, 0) is 13.8 Å². The van der Waals surface area contributed by atoms with E-state index in [1.807, 2.05) is 13.8 Å². The normalized spacial score (nSPS) is 12.5. The van der Waals surface area contributed by atoms with Crippen LogP contribution in [0.5, 0.6) is 0 Å². The molecule has 72 valence electrons. The lowest BCUT2D eigenvalue weighted by molar-refractivity contribution is -0.120. The molecule has 0 aliphatic heterocycles. The molecule has 3 N–H and O–H groups in total. The van der Waals surface area contributed by atoms with E-state index in [1.54, 1.807) is 17.5 Å². The molecule has 0 radical (unpaired) electrons. The number of nitrogens with two attached hydrogens (primary N) is 1. The maximum atomic E-state index is 11.0. The molecule has 1 unspecified atom stereocenters. The Kier molecular flexibility index (Phi) is 3.39. The summed E-state index contributed by atoms with van der Waals surface area (Å²) in [5.74, 6) is -0.140. The third-order valence-electron chi connectivity index (χ3n) is 1.63. The van der Waals surface area contributed by atoms with Gasteiger partial charge in [0.05, 0.1) is 17.6 Å². The fraction of sp³-hybridized carbons (Fsp3) is 0.500. The number of nitrogens with one attached hydrogen (secondary N) is 1. The van der Waals surface area contributed by atoms with Gasteiger partial charge in [-0.2, -0.15) is 0 Å². The van der Waals surface area contributed by atoms with Crippen LogP contribution in [0.3, 0.4) is 0 Å². The monoisotopic (exact) mass is 199 g/mol. The van der Waals surface area contributed by atoms with Crippen molar-refractivity contribution in [2.24, 2.45) is 5.73 Å². The molecule has 4 nitrogen and oxygen atoms in total. The van der Waals surface area contributed by atoms with Gasteiger partial charge in [-0.15, -0.1) is 11.3 Å². The van der Waals surface area contributed by atoms with Crippen LogP contribution in [-0.4, -0.2) is 17.4 Å². The molecule has 0 bridgehead atoms. The number of carbonyl (C=O) groups is 1. The standard InChI is InChI=1S/C8H13N3OS/c1-5(11-8(12)3-9)7-4-10-6(2)13-7/h4-5H,3,9H2,1-2H3,(H,11,12). The highest BCUT2D eigenvalue weighted by atomic mass is 32.1. The van der Waals surface area contributed by atoms with Crippen LogP contribution in [-0.2, 0) is 4.79 Å². The highest BCUT2D eigenvalue weighted by Crippen LogP contribution is 2.19. The fourth-order valence-electron chi connectivity index (χ4n) is 0.950. The van der Waals surface area contributed by atoms with Crippen molar-refractivity contribution in [1.29, 1.82) is 0 Å². The largest absolute Gasteiger partial charge is 0.348 e. The maximum absolute atomic E-state index is 11.0. The number of hydrogen-bond donors (Lipinski definition) is 2. The zero-order valence-corrected chi connectivity index (χ0v) is 8.52. The lowest BCUT2D eigenvalue weighted by Crippen LogP contribution is -2.32. The van der Waals surface area contributed by atoms with Gasteiger partial charge in [0, 0.05) is 11.1 Å². The summed E-state index contributed by atoms with van der Waals surface area (Å²) in [7, 11) is 0. The van der Waals surface area contributed by atoms with E-state index in [0.29, 0.717) is 0 Å². The van der Waals surface area contributed by atoms with Crippen LogP contribution in [0.2, 0.25) is 0 Å². The number of aromatic nitrogens is 1. The summed E-state index contributed by atoms with van der Waals surface area (Å²) in [6.45, 7) is 3.88. The Morgan fingerprint density at radius 3 is 3.00 bits per heavy atom. The SMILES string of the molecule is Cc1ncc(C(C)NC(=O)CN)s1. The predicted molar refractivity (Wildman–Crippen MR) is 52.5 cm³/mol. The van der Waals surface area contributed by atoms with Crippen molar-refractivity contribution in [1.82, 2.24) is 10.3 Å². The molecule has 13 heavy (non-hydrogen) atoms. The minimum absolute atomic E-state index is 0.00208. The van der Waals surface area contributed by atoms with Gasteiger partial charge in [0.15, 0.2) is 0 Å². The van der Waals surface area contributed by atoms with Crippen LogP contribution < -0.4 is 11.1 Å². The predicted octanol–water partition coefficient (Wildman–Crippen LogP) is 0.587. The molecule has 0 saturated heterocycles. The number of carbonyl (C=O) groups excluding carboxylic acids is 1. The highest BCUT2D eigenvalue weighted by molar-refractivity contribution is 7.11. The fourth-order valence-corrected chi connectivity index (χ4v) is 1.74. The van der Waals surface area contributed by atoms with E-state index in [4.69, 9.17) is 5.73 Å². The average molecular weight is 199 g/mol. The van der Waals surface area contributed by atoms with Crippen LogP contribution in [0.4, 0.5) is 0 Å². The summed E-state index contributed by atoms with van der Waals surface area (Å²) in [6, 6.07) is 0.00208. The molecule has 1 rings (SSSR count). The van der Waals surface area contributed by atoms with Gasteiger partial charge in [0.2, 0.25) is 5.91 Å². The third kappa shape index (κ3) is 2.78. The van der Waals surface area contributed by atoms with E-state index in [1.165, 1.54) is 0 Å². The van der Waals surface area contributed by atoms with E-state index in [-0.39, 0.29) is 18.5 Å². The molecule has 0 fully saturated rings. The van der Waals surface area contributed by atoms with E-state index >= 15 is 0 Å². The summed E-state index contributed by atoms with van der Waals surface area (Å²) < 4.78 is 0. The first-order chi connectivity index (χ1) is 6.13. The molecular formula is C8H13N3OS. The van der Waals surface area contributed by atoms with E-state index in [2.05, 4.69) is 10.3 Å². The molecule has 1 aromatic rings. The number of thiazole rings is 1. The molecule has 5 heteroatoms. The summed E-state index contributed by atoms with van der Waals surface area (Å²) in [5, 5.41) is 3.77. The Morgan fingerprint density at radius 2 is 2.54 bits per heavy atom. The van der Waals surface area contributed by atoms with Crippen LogP contribution in [0.1, 0.15) is 22.9 Å². The van der Waals surface area contributed by atoms with Gasteiger partial charge in [-0.3, -0.25) is 4.79 Å². The second-order valence-electron chi connectivity index (χ2n) is 2.77. The summed E-state index contributed by atoms with van der Waals surface area (Å²) in [6.07, 6.45) is 1.78. The van der Waals surface area contributed by atoms with Crippen molar-refractivity contribution >= 4 is 17.2 Å². The van der Waals surface area contributed by atoms with E-state index in [0.717, 1.165) is 9.88 Å². The van der Waals surface area contributed by atoms with Gasteiger partial charge in [0.25, 0.3) is 0 Å². The van der Waals surface area contributed by atoms with Crippen molar-refractivity contribution in [3.63, 3.8) is 0 Å². The van der Waals surface area contributed by atoms with Crippen molar-refractivity contribution in [2.75, 3.05) is 6.54 Å². The smallest absolute Gasteiger partial charge is 0.234 e. The van der Waals surface area contributed by atoms with Crippen LogP contribution in [0, 0.1) is 6.92 Å². The number of nitrogens with zero attached hydrogens (tertiary/aromatic N) is 1. The zero-order valence-electron chi connectivity index (χ0n) is 7.70. The van der Waals surface area contributed by atoms with Gasteiger partial charge >= 0.3 is 0 Å². The first-order valence-corrected chi connectivity index (χ1v) is 4.87. The molecule has 1 aromatic heterocycles. The van der Waals surface area contributed by atoms with Crippen molar-refractivity contribution in [3.8, 4) is 0 Å². The molecule has 0 aliphatic rings.